The highest BCUT2D eigenvalue weighted by molar-refractivity contribution is 8.07. The maximum Gasteiger partial charge on any atom is 0.411 e. The number of amides is 1. The fourth-order valence-electron chi connectivity index (χ4n) is 1.97. The van der Waals surface area contributed by atoms with Gasteiger partial charge in [0.2, 0.25) is 0 Å². The lowest BCUT2D eigenvalue weighted by Crippen LogP contribution is -2.37. The minimum absolute atomic E-state index is 0.227. The van der Waals surface area contributed by atoms with Crippen LogP contribution in [0.25, 0.3) is 4.91 Å². The van der Waals surface area contributed by atoms with Gasteiger partial charge < -0.3 is 4.74 Å². The van der Waals surface area contributed by atoms with Gasteiger partial charge in [-0.2, -0.15) is 0 Å². The van der Waals surface area contributed by atoms with Crippen LogP contribution in [-0.2, 0) is 15.7 Å². The van der Waals surface area contributed by atoms with Crippen LogP contribution in [0.3, 0.4) is 0 Å². The van der Waals surface area contributed by atoms with Gasteiger partial charge in [-0.05, 0) is 59.7 Å². The van der Waals surface area contributed by atoms with Crippen LogP contribution in [0.1, 0.15) is 40.2 Å². The van der Waals surface area contributed by atoms with Crippen molar-refractivity contribution < 1.29 is 13.7 Å². The first-order chi connectivity index (χ1) is 12.1. The van der Waals surface area contributed by atoms with E-state index in [4.69, 9.17) is 4.74 Å². The number of benzene rings is 1. The van der Waals surface area contributed by atoms with Crippen molar-refractivity contribution >= 4 is 46.2 Å². The first kappa shape index (κ1) is 22.4. The molecule has 26 heavy (non-hydrogen) atoms. The number of rotatable bonds is 7. The smallest absolute Gasteiger partial charge is 0.411 e. The Balaban J connectivity index is 3.30. The molecule has 0 aliphatic rings. The van der Waals surface area contributed by atoms with Crippen molar-refractivity contribution in [2.24, 2.45) is 4.99 Å². The number of nitrogens with zero attached hydrogens (tertiary/aromatic N) is 1. The van der Waals surface area contributed by atoms with Crippen LogP contribution < -0.4 is 10.0 Å². The summed E-state index contributed by atoms with van der Waals surface area (Å²) in [4.78, 5) is 17.0. The Hall–Kier alpha value is -1.64. The van der Waals surface area contributed by atoms with E-state index in [0.717, 1.165) is 10.5 Å². The lowest BCUT2D eigenvalue weighted by atomic mass is 10.1. The molecule has 1 rings (SSSR count). The first-order valence-electron chi connectivity index (χ1n) is 8.09. The second-order valence-electron chi connectivity index (χ2n) is 6.79. The summed E-state index contributed by atoms with van der Waals surface area (Å²) < 4.78 is 21.0. The summed E-state index contributed by atoms with van der Waals surface area (Å²) in [6, 6.07) is 5.22. The van der Waals surface area contributed by atoms with Crippen LogP contribution in [0.4, 0.5) is 10.5 Å². The van der Waals surface area contributed by atoms with Gasteiger partial charge in [0.1, 0.15) is 11.0 Å². The highest BCUT2D eigenvalue weighted by Gasteiger charge is 2.20. The molecule has 0 bridgehead atoms. The van der Waals surface area contributed by atoms with Gasteiger partial charge in [0.15, 0.2) is 0 Å². The van der Waals surface area contributed by atoms with Gasteiger partial charge in [-0.1, -0.05) is 6.07 Å². The molecule has 0 fully saturated rings. The van der Waals surface area contributed by atoms with E-state index in [2.05, 4.69) is 21.7 Å². The molecule has 144 valence electrons. The number of carbonyl (C=O) groups is 1. The fraction of sp³-hybridized carbons (Fsp3) is 0.444. The van der Waals surface area contributed by atoms with Crippen molar-refractivity contribution in [3.8, 4) is 0 Å². The van der Waals surface area contributed by atoms with Crippen molar-refractivity contribution in [2.45, 2.75) is 51.2 Å². The number of carbonyl (C=O) groups excluding carboxylic acids is 1. The Morgan fingerprint density at radius 3 is 2.54 bits per heavy atom. The van der Waals surface area contributed by atoms with Gasteiger partial charge in [-0.15, -0.1) is 11.8 Å². The molecule has 0 aromatic heterocycles. The van der Waals surface area contributed by atoms with Gasteiger partial charge >= 0.3 is 6.09 Å². The SMILES string of the molecule is C=N/C=C(\SC)c1ccc(NC(=O)OC(C)C)cc1S(=O)NC(C)(C)C. The molecule has 6 nitrogen and oxygen atoms in total. The Kier molecular flexibility index (Phi) is 8.52. The lowest BCUT2D eigenvalue weighted by Gasteiger charge is -2.21. The molecule has 0 saturated heterocycles. The average Bonchev–Trinajstić information content (AvgIpc) is 2.50. The summed E-state index contributed by atoms with van der Waals surface area (Å²) in [5.74, 6) is 0. The van der Waals surface area contributed by atoms with Crippen LogP contribution in [-0.4, -0.2) is 34.9 Å². The molecule has 8 heteroatoms. The Labute approximate surface area is 162 Å². The highest BCUT2D eigenvalue weighted by atomic mass is 32.2. The van der Waals surface area contributed by atoms with Crippen molar-refractivity contribution in [1.82, 2.24) is 4.72 Å². The topological polar surface area (TPSA) is 79.8 Å². The summed E-state index contributed by atoms with van der Waals surface area (Å²) in [6.45, 7) is 12.8. The number of hydrogen-bond acceptors (Lipinski definition) is 5. The zero-order valence-corrected chi connectivity index (χ0v) is 17.7. The van der Waals surface area contributed by atoms with Crippen molar-refractivity contribution in [3.05, 3.63) is 30.0 Å². The molecule has 2 N–H and O–H groups in total. The van der Waals surface area contributed by atoms with Crippen LogP contribution in [0.15, 0.2) is 34.3 Å². The Morgan fingerprint density at radius 1 is 1.38 bits per heavy atom. The van der Waals surface area contributed by atoms with E-state index in [9.17, 15) is 9.00 Å². The summed E-state index contributed by atoms with van der Waals surface area (Å²) in [6.07, 6.45) is 2.75. The van der Waals surface area contributed by atoms with Crippen molar-refractivity contribution in [2.75, 3.05) is 11.6 Å². The predicted octanol–water partition coefficient (Wildman–Crippen LogP) is 4.42. The van der Waals surface area contributed by atoms with Crippen LogP contribution in [0.2, 0.25) is 0 Å². The Bertz CT molecular complexity index is 710. The zero-order chi connectivity index (χ0) is 19.9. The van der Waals surface area contributed by atoms with E-state index in [-0.39, 0.29) is 11.6 Å². The van der Waals surface area contributed by atoms with Crippen molar-refractivity contribution in [3.63, 3.8) is 0 Å². The Morgan fingerprint density at radius 2 is 2.04 bits per heavy atom. The van der Waals surface area contributed by atoms with Gasteiger partial charge in [-0.25, -0.2) is 13.7 Å². The monoisotopic (exact) mass is 397 g/mol. The van der Waals surface area contributed by atoms with Crippen molar-refractivity contribution in [1.29, 1.82) is 0 Å². The third-order valence-corrected chi connectivity index (χ3v) is 5.16. The number of thioether (sulfide) groups is 1. The number of anilines is 1. The molecule has 0 saturated carbocycles. The number of aliphatic imine (C=N–C) groups is 1. The van der Waals surface area contributed by atoms with Gasteiger partial charge in [0.05, 0.1) is 11.0 Å². The zero-order valence-electron chi connectivity index (χ0n) is 16.1. The second-order valence-corrected chi connectivity index (χ2v) is 8.82. The maximum atomic E-state index is 12.9. The minimum Gasteiger partial charge on any atom is -0.447 e. The van der Waals surface area contributed by atoms with Gasteiger partial charge in [0.25, 0.3) is 0 Å². The van der Waals surface area contributed by atoms with E-state index < -0.39 is 17.1 Å². The normalized spacial score (nSPS) is 13.4. The van der Waals surface area contributed by atoms with E-state index in [0.29, 0.717) is 10.6 Å². The molecular formula is C18H27N3O3S2. The molecule has 1 amide bonds. The number of nitrogens with one attached hydrogen (secondary N) is 2. The van der Waals surface area contributed by atoms with Crippen LogP contribution in [0.5, 0.6) is 0 Å². The molecule has 1 atom stereocenters. The summed E-state index contributed by atoms with van der Waals surface area (Å²) >= 11 is 1.48. The molecule has 1 unspecified atom stereocenters. The van der Waals surface area contributed by atoms with Gasteiger partial charge in [0, 0.05) is 27.9 Å². The third kappa shape index (κ3) is 7.31. The minimum atomic E-state index is -1.48. The molecule has 0 aliphatic carbocycles. The average molecular weight is 398 g/mol. The largest absolute Gasteiger partial charge is 0.447 e. The van der Waals surface area contributed by atoms with Crippen LogP contribution in [0, 0.1) is 0 Å². The summed E-state index contributed by atoms with van der Waals surface area (Å²) in [5.41, 5.74) is 0.926. The predicted molar refractivity (Wildman–Crippen MR) is 112 cm³/mol. The maximum absolute atomic E-state index is 12.9. The second kappa shape index (κ2) is 9.89. The molecule has 0 spiro atoms. The lowest BCUT2D eigenvalue weighted by molar-refractivity contribution is 0.130. The molecule has 1 aromatic rings. The molecule has 1 aromatic carbocycles. The van der Waals surface area contributed by atoms with E-state index >= 15 is 0 Å². The van der Waals surface area contributed by atoms with E-state index in [1.165, 1.54) is 11.8 Å². The summed E-state index contributed by atoms with van der Waals surface area (Å²) in [5, 5.41) is 2.66. The third-order valence-electron chi connectivity index (χ3n) is 2.86. The standard InChI is InChI=1S/C18H27N3O3S2/c1-12(2)24-17(22)20-13-8-9-14(15(25-7)11-19-6)16(10-13)26(23)21-18(3,4)5/h8-12,21H,6H2,1-5,7H3,(H,20,22)/b15-11-. The summed E-state index contributed by atoms with van der Waals surface area (Å²) in [7, 11) is -1.48. The first-order valence-corrected chi connectivity index (χ1v) is 10.5. The molecule has 0 aliphatic heterocycles. The molecule has 0 radical (unpaired) electrons. The van der Waals surface area contributed by atoms with E-state index in [1.54, 1.807) is 38.2 Å². The molecule has 0 heterocycles. The van der Waals surface area contributed by atoms with E-state index in [1.807, 2.05) is 27.0 Å². The number of hydrogen-bond donors (Lipinski definition) is 2. The van der Waals surface area contributed by atoms with Gasteiger partial charge in [-0.3, -0.25) is 10.3 Å². The quantitative estimate of drug-likeness (QED) is 0.668. The highest BCUT2D eigenvalue weighted by Crippen LogP contribution is 2.32. The fourth-order valence-corrected chi connectivity index (χ4v) is 3.89. The number of ether oxygens (including phenoxy) is 1. The van der Waals surface area contributed by atoms with Crippen LogP contribution >= 0.6 is 11.8 Å². The molecular weight excluding hydrogens is 370 g/mol.